The summed E-state index contributed by atoms with van der Waals surface area (Å²) in [5.41, 5.74) is 7.22. The molecule has 1 aromatic heterocycles. The van der Waals surface area contributed by atoms with Crippen molar-refractivity contribution in [3.63, 3.8) is 0 Å². The molecule has 0 aliphatic heterocycles. The highest BCUT2D eigenvalue weighted by Gasteiger charge is 2.19. The summed E-state index contributed by atoms with van der Waals surface area (Å²) in [5, 5.41) is 4.48. The Kier molecular flexibility index (Phi) is 4.42. The van der Waals surface area contributed by atoms with Gasteiger partial charge in [-0.1, -0.05) is 6.07 Å². The number of nitrogens with zero attached hydrogens (tertiary/aromatic N) is 2. The zero-order valence-electron chi connectivity index (χ0n) is 12.5. The van der Waals surface area contributed by atoms with Gasteiger partial charge in [0.15, 0.2) is 0 Å². The largest absolute Gasteiger partial charge is 0.497 e. The lowest BCUT2D eigenvalue weighted by molar-refractivity contribution is 0.414. The summed E-state index contributed by atoms with van der Waals surface area (Å²) in [6.45, 7) is 6.94. The summed E-state index contributed by atoms with van der Waals surface area (Å²) < 4.78 is 7.22. The van der Waals surface area contributed by atoms with Crippen LogP contribution in [-0.2, 0) is 6.54 Å². The Bertz CT molecular complexity index is 592. The molecule has 1 aromatic carbocycles. The molecule has 2 rings (SSSR count). The van der Waals surface area contributed by atoms with Gasteiger partial charge < -0.3 is 4.74 Å². The van der Waals surface area contributed by atoms with Gasteiger partial charge >= 0.3 is 0 Å². The lowest BCUT2D eigenvalue weighted by Gasteiger charge is -2.20. The molecule has 0 spiro atoms. The number of hydrazine groups is 1. The van der Waals surface area contributed by atoms with E-state index >= 15 is 0 Å². The smallest absolute Gasteiger partial charge is 0.119 e. The van der Waals surface area contributed by atoms with E-state index in [-0.39, 0.29) is 6.04 Å². The van der Waals surface area contributed by atoms with Gasteiger partial charge in [-0.25, -0.2) is 5.43 Å². The number of hydrogen-bond donors (Lipinski definition) is 2. The fourth-order valence-electron chi connectivity index (χ4n) is 2.48. The van der Waals surface area contributed by atoms with Gasteiger partial charge in [-0.2, -0.15) is 5.10 Å². The standard InChI is InChI=1S/C15H22N4O/c1-5-19-14(9-11(3)18-19)15(17-16)13-7-6-12(20-4)8-10(13)2/h6-9,15,17H,5,16H2,1-4H3. The number of aryl methyl sites for hydroxylation is 3. The predicted molar refractivity (Wildman–Crippen MR) is 79.5 cm³/mol. The van der Waals surface area contributed by atoms with Gasteiger partial charge in [0.2, 0.25) is 0 Å². The summed E-state index contributed by atoms with van der Waals surface area (Å²) >= 11 is 0. The van der Waals surface area contributed by atoms with E-state index in [2.05, 4.69) is 30.4 Å². The van der Waals surface area contributed by atoms with Crippen LogP contribution >= 0.6 is 0 Å². The number of nitrogens with two attached hydrogens (primary N) is 1. The van der Waals surface area contributed by atoms with E-state index in [1.54, 1.807) is 7.11 Å². The first-order chi connectivity index (χ1) is 9.60. The van der Waals surface area contributed by atoms with Crippen LogP contribution in [0.1, 0.15) is 35.5 Å². The van der Waals surface area contributed by atoms with Crippen LogP contribution in [0.15, 0.2) is 24.3 Å². The summed E-state index contributed by atoms with van der Waals surface area (Å²) in [5.74, 6) is 6.64. The van der Waals surface area contributed by atoms with Crippen LogP contribution in [0.3, 0.4) is 0 Å². The highest BCUT2D eigenvalue weighted by atomic mass is 16.5. The number of methoxy groups -OCH3 is 1. The normalized spacial score (nSPS) is 12.4. The second-order valence-corrected chi connectivity index (χ2v) is 4.85. The molecule has 0 radical (unpaired) electrons. The topological polar surface area (TPSA) is 65.1 Å². The van der Waals surface area contributed by atoms with Crippen LogP contribution in [0.25, 0.3) is 0 Å². The summed E-state index contributed by atoms with van der Waals surface area (Å²) in [6, 6.07) is 7.99. The number of hydrogen-bond acceptors (Lipinski definition) is 4. The molecule has 5 heteroatoms. The molecule has 1 unspecified atom stereocenters. The number of rotatable bonds is 5. The maximum Gasteiger partial charge on any atom is 0.119 e. The van der Waals surface area contributed by atoms with E-state index in [9.17, 15) is 0 Å². The van der Waals surface area contributed by atoms with Crippen molar-refractivity contribution in [1.29, 1.82) is 0 Å². The Morgan fingerprint density at radius 1 is 1.35 bits per heavy atom. The van der Waals surface area contributed by atoms with Crippen LogP contribution in [0, 0.1) is 13.8 Å². The highest BCUT2D eigenvalue weighted by molar-refractivity contribution is 5.40. The lowest BCUT2D eigenvalue weighted by atomic mass is 9.98. The molecule has 1 atom stereocenters. The molecule has 0 amide bonds. The van der Waals surface area contributed by atoms with E-state index in [0.717, 1.165) is 34.8 Å². The van der Waals surface area contributed by atoms with Crippen molar-refractivity contribution in [2.24, 2.45) is 5.84 Å². The summed E-state index contributed by atoms with van der Waals surface area (Å²) in [6.07, 6.45) is 0. The second kappa shape index (κ2) is 6.07. The third kappa shape index (κ3) is 2.69. The van der Waals surface area contributed by atoms with Gasteiger partial charge in [-0.05, 0) is 50.1 Å². The zero-order valence-corrected chi connectivity index (χ0v) is 12.5. The Labute approximate surface area is 119 Å². The molecule has 0 aliphatic carbocycles. The first-order valence-corrected chi connectivity index (χ1v) is 6.75. The van der Waals surface area contributed by atoms with Crippen LogP contribution in [0.4, 0.5) is 0 Å². The molecule has 108 valence electrons. The van der Waals surface area contributed by atoms with E-state index < -0.39 is 0 Å². The minimum absolute atomic E-state index is 0.0814. The van der Waals surface area contributed by atoms with Crippen molar-refractivity contribution < 1.29 is 4.74 Å². The molecular weight excluding hydrogens is 252 g/mol. The van der Waals surface area contributed by atoms with E-state index in [1.807, 2.05) is 29.8 Å². The molecule has 0 bridgehead atoms. The van der Waals surface area contributed by atoms with Gasteiger partial charge in [0, 0.05) is 6.54 Å². The first kappa shape index (κ1) is 14.6. The zero-order chi connectivity index (χ0) is 14.7. The summed E-state index contributed by atoms with van der Waals surface area (Å²) in [4.78, 5) is 0. The van der Waals surface area contributed by atoms with Gasteiger partial charge in [0.05, 0.1) is 24.5 Å². The van der Waals surface area contributed by atoms with Gasteiger partial charge in [0.1, 0.15) is 5.75 Å². The molecule has 0 aliphatic rings. The molecule has 0 fully saturated rings. The molecule has 0 saturated carbocycles. The monoisotopic (exact) mass is 274 g/mol. The minimum atomic E-state index is -0.0814. The fourth-order valence-corrected chi connectivity index (χ4v) is 2.48. The Morgan fingerprint density at radius 3 is 2.65 bits per heavy atom. The Balaban J connectivity index is 2.46. The van der Waals surface area contributed by atoms with E-state index in [1.165, 1.54) is 0 Å². The maximum absolute atomic E-state index is 5.79. The highest BCUT2D eigenvalue weighted by Crippen LogP contribution is 2.27. The molecule has 0 saturated heterocycles. The summed E-state index contributed by atoms with van der Waals surface area (Å²) in [7, 11) is 1.67. The van der Waals surface area contributed by atoms with Crippen molar-refractivity contribution in [2.75, 3.05) is 7.11 Å². The van der Waals surface area contributed by atoms with E-state index in [0.29, 0.717) is 0 Å². The number of benzene rings is 1. The number of aromatic nitrogens is 2. The van der Waals surface area contributed by atoms with E-state index in [4.69, 9.17) is 10.6 Å². The quantitative estimate of drug-likeness (QED) is 0.647. The third-order valence-electron chi connectivity index (χ3n) is 3.48. The molecule has 20 heavy (non-hydrogen) atoms. The van der Waals surface area contributed by atoms with Crippen LogP contribution < -0.4 is 16.0 Å². The fraction of sp³-hybridized carbons (Fsp3) is 0.400. The molecule has 2 aromatic rings. The van der Waals surface area contributed by atoms with Gasteiger partial charge in [-0.3, -0.25) is 10.5 Å². The Hall–Kier alpha value is -1.85. The van der Waals surface area contributed by atoms with Crippen LogP contribution in [0.5, 0.6) is 5.75 Å². The van der Waals surface area contributed by atoms with Crippen LogP contribution in [-0.4, -0.2) is 16.9 Å². The minimum Gasteiger partial charge on any atom is -0.497 e. The van der Waals surface area contributed by atoms with Crippen molar-refractivity contribution in [1.82, 2.24) is 15.2 Å². The number of nitrogens with one attached hydrogen (secondary N) is 1. The lowest BCUT2D eigenvalue weighted by Crippen LogP contribution is -2.31. The van der Waals surface area contributed by atoms with Gasteiger partial charge in [-0.15, -0.1) is 0 Å². The molecule has 1 heterocycles. The van der Waals surface area contributed by atoms with Crippen molar-refractivity contribution in [3.05, 3.63) is 46.8 Å². The number of ether oxygens (including phenoxy) is 1. The Morgan fingerprint density at radius 2 is 2.10 bits per heavy atom. The third-order valence-corrected chi connectivity index (χ3v) is 3.48. The average molecular weight is 274 g/mol. The molecule has 3 N–H and O–H groups in total. The van der Waals surface area contributed by atoms with Crippen LogP contribution in [0.2, 0.25) is 0 Å². The van der Waals surface area contributed by atoms with Crippen molar-refractivity contribution in [2.45, 2.75) is 33.4 Å². The molecular formula is C15H22N4O. The maximum atomic E-state index is 5.79. The SMILES string of the molecule is CCn1nc(C)cc1C(NN)c1ccc(OC)cc1C. The second-order valence-electron chi connectivity index (χ2n) is 4.85. The van der Waals surface area contributed by atoms with Gasteiger partial charge in [0.25, 0.3) is 0 Å². The van der Waals surface area contributed by atoms with Crippen molar-refractivity contribution in [3.8, 4) is 5.75 Å². The predicted octanol–water partition coefficient (Wildman–Crippen LogP) is 2.08. The first-order valence-electron chi connectivity index (χ1n) is 6.75. The average Bonchev–Trinajstić information content (AvgIpc) is 2.82. The van der Waals surface area contributed by atoms with Crippen molar-refractivity contribution >= 4 is 0 Å². The molecule has 5 nitrogen and oxygen atoms in total.